The number of nitrogens with zero attached hydrogens (tertiary/aromatic N) is 4. The Morgan fingerprint density at radius 1 is 1.26 bits per heavy atom. The molecule has 0 bridgehead atoms. The Kier molecular flexibility index (Phi) is 2.60. The number of carbonyl (C=O) groups excluding carboxylic acids is 1. The van der Waals surface area contributed by atoms with E-state index in [1.165, 1.54) is 25.7 Å². The van der Waals surface area contributed by atoms with Crippen molar-refractivity contribution < 1.29 is 4.79 Å². The predicted octanol–water partition coefficient (Wildman–Crippen LogP) is 1.84. The smallest absolute Gasteiger partial charge is 0.230 e. The summed E-state index contributed by atoms with van der Waals surface area (Å²) in [5, 5.41) is 4.18. The van der Waals surface area contributed by atoms with Gasteiger partial charge in [-0.25, -0.2) is 4.68 Å². The molecule has 2 saturated carbocycles. The van der Waals surface area contributed by atoms with E-state index >= 15 is 0 Å². The lowest BCUT2D eigenvalue weighted by molar-refractivity contribution is -0.120. The number of rotatable bonds is 4. The van der Waals surface area contributed by atoms with E-state index in [-0.39, 0.29) is 5.91 Å². The first-order valence-electron chi connectivity index (χ1n) is 7.51. The molecule has 5 nitrogen and oxygen atoms in total. The molecule has 5 heteroatoms. The van der Waals surface area contributed by atoms with Crippen LogP contribution in [0.1, 0.15) is 38.5 Å². The molecule has 0 atom stereocenters. The van der Waals surface area contributed by atoms with Crippen LogP contribution in [0.2, 0.25) is 0 Å². The molecule has 1 aromatic heterocycles. The third kappa shape index (κ3) is 2.15. The van der Waals surface area contributed by atoms with E-state index < -0.39 is 0 Å². The summed E-state index contributed by atoms with van der Waals surface area (Å²) in [4.78, 5) is 18.7. The second-order valence-corrected chi connectivity index (χ2v) is 6.22. The first-order chi connectivity index (χ1) is 9.33. The average molecular weight is 260 g/mol. The lowest BCUT2D eigenvalue weighted by Gasteiger charge is -2.27. The van der Waals surface area contributed by atoms with Crippen LogP contribution in [0.4, 0.5) is 5.95 Å². The minimum absolute atomic E-state index is 0.262. The number of aromatic nitrogens is 3. The van der Waals surface area contributed by atoms with Gasteiger partial charge < -0.3 is 0 Å². The third-order valence-corrected chi connectivity index (χ3v) is 4.75. The van der Waals surface area contributed by atoms with E-state index in [4.69, 9.17) is 0 Å². The maximum atomic E-state index is 12.6. The van der Waals surface area contributed by atoms with Gasteiger partial charge >= 0.3 is 0 Å². The lowest BCUT2D eigenvalue weighted by atomic mass is 9.93. The molecule has 4 rings (SSSR count). The SMILES string of the molecule is O=C(CC(C1CC1)C1CC1)N1CCCn2ncnc21. The molecule has 19 heavy (non-hydrogen) atoms. The predicted molar refractivity (Wildman–Crippen MR) is 70.5 cm³/mol. The zero-order valence-electron chi connectivity index (χ0n) is 11.2. The minimum atomic E-state index is 0.262. The number of amides is 1. The van der Waals surface area contributed by atoms with Crippen molar-refractivity contribution in [1.82, 2.24) is 14.8 Å². The Hall–Kier alpha value is -1.39. The highest BCUT2D eigenvalue weighted by Gasteiger charge is 2.43. The molecule has 3 aliphatic rings. The highest BCUT2D eigenvalue weighted by atomic mass is 16.2. The van der Waals surface area contributed by atoms with Gasteiger partial charge in [0.05, 0.1) is 0 Å². The van der Waals surface area contributed by atoms with Crippen molar-refractivity contribution in [3.05, 3.63) is 6.33 Å². The monoisotopic (exact) mass is 260 g/mol. The van der Waals surface area contributed by atoms with Crippen molar-refractivity contribution >= 4 is 11.9 Å². The van der Waals surface area contributed by atoms with Crippen LogP contribution in [-0.4, -0.2) is 27.2 Å². The summed E-state index contributed by atoms with van der Waals surface area (Å²) in [6.07, 6.45) is 8.62. The van der Waals surface area contributed by atoms with Crippen LogP contribution in [0.5, 0.6) is 0 Å². The normalized spacial score (nSPS) is 22.7. The molecular formula is C14H20N4O. The summed E-state index contributed by atoms with van der Waals surface area (Å²) in [6, 6.07) is 0. The van der Waals surface area contributed by atoms with Crippen LogP contribution >= 0.6 is 0 Å². The van der Waals surface area contributed by atoms with E-state index in [0.717, 1.165) is 43.7 Å². The number of fused-ring (bicyclic) bond motifs is 1. The molecule has 0 unspecified atom stereocenters. The maximum absolute atomic E-state index is 12.6. The quantitative estimate of drug-likeness (QED) is 0.830. The van der Waals surface area contributed by atoms with Crippen LogP contribution in [0.15, 0.2) is 6.33 Å². The van der Waals surface area contributed by atoms with E-state index in [0.29, 0.717) is 5.92 Å². The summed E-state index contributed by atoms with van der Waals surface area (Å²) in [7, 11) is 0. The first-order valence-corrected chi connectivity index (χ1v) is 7.51. The summed E-state index contributed by atoms with van der Waals surface area (Å²) < 4.78 is 1.85. The summed E-state index contributed by atoms with van der Waals surface area (Å²) in [5.74, 6) is 3.32. The second-order valence-electron chi connectivity index (χ2n) is 6.22. The van der Waals surface area contributed by atoms with E-state index in [1.807, 2.05) is 9.58 Å². The van der Waals surface area contributed by atoms with Crippen molar-refractivity contribution in [3.8, 4) is 0 Å². The number of anilines is 1. The molecule has 1 aromatic rings. The van der Waals surface area contributed by atoms with Crippen LogP contribution < -0.4 is 4.90 Å². The standard InChI is InChI=1S/C14H20N4O/c19-13(8-12(10-2-3-10)11-4-5-11)17-6-1-7-18-14(17)15-9-16-18/h9-12H,1-8H2. The van der Waals surface area contributed by atoms with Crippen LogP contribution in [-0.2, 0) is 11.3 Å². The molecule has 0 saturated heterocycles. The molecule has 0 spiro atoms. The van der Waals surface area contributed by atoms with Gasteiger partial charge in [0, 0.05) is 19.5 Å². The van der Waals surface area contributed by atoms with E-state index in [1.54, 1.807) is 6.33 Å². The molecule has 2 heterocycles. The molecule has 2 aliphatic carbocycles. The second kappa shape index (κ2) is 4.32. The van der Waals surface area contributed by atoms with Gasteiger partial charge in [0.25, 0.3) is 0 Å². The number of aryl methyl sites for hydroxylation is 1. The fourth-order valence-corrected chi connectivity index (χ4v) is 3.42. The average Bonchev–Trinajstić information content (AvgIpc) is 3.33. The van der Waals surface area contributed by atoms with Gasteiger partial charge in [-0.3, -0.25) is 9.69 Å². The van der Waals surface area contributed by atoms with E-state index in [9.17, 15) is 4.79 Å². The van der Waals surface area contributed by atoms with Gasteiger partial charge in [-0.2, -0.15) is 10.1 Å². The molecule has 1 aliphatic heterocycles. The zero-order chi connectivity index (χ0) is 12.8. The van der Waals surface area contributed by atoms with Gasteiger partial charge in [0.2, 0.25) is 11.9 Å². The fraction of sp³-hybridized carbons (Fsp3) is 0.786. The van der Waals surface area contributed by atoms with Crippen LogP contribution in [0, 0.1) is 17.8 Å². The van der Waals surface area contributed by atoms with Crippen molar-refractivity contribution in [3.63, 3.8) is 0 Å². The fourth-order valence-electron chi connectivity index (χ4n) is 3.42. The topological polar surface area (TPSA) is 51.0 Å². The molecule has 0 N–H and O–H groups in total. The Labute approximate surface area is 113 Å². The molecule has 0 radical (unpaired) electrons. The van der Waals surface area contributed by atoms with Gasteiger partial charge in [-0.15, -0.1) is 0 Å². The van der Waals surface area contributed by atoms with Crippen molar-refractivity contribution in [1.29, 1.82) is 0 Å². The summed E-state index contributed by atoms with van der Waals surface area (Å²) in [5.41, 5.74) is 0. The minimum Gasteiger partial charge on any atom is -0.281 e. The van der Waals surface area contributed by atoms with Crippen molar-refractivity contribution in [2.24, 2.45) is 17.8 Å². The Bertz CT molecular complexity index is 477. The first kappa shape index (κ1) is 11.4. The van der Waals surface area contributed by atoms with Crippen LogP contribution in [0.3, 0.4) is 0 Å². The Morgan fingerprint density at radius 2 is 2.00 bits per heavy atom. The van der Waals surface area contributed by atoms with Crippen LogP contribution in [0.25, 0.3) is 0 Å². The molecular weight excluding hydrogens is 240 g/mol. The number of hydrogen-bond donors (Lipinski definition) is 0. The maximum Gasteiger partial charge on any atom is 0.230 e. The zero-order valence-corrected chi connectivity index (χ0v) is 11.2. The van der Waals surface area contributed by atoms with Gasteiger partial charge in [-0.05, 0) is 49.9 Å². The van der Waals surface area contributed by atoms with Gasteiger partial charge in [0.1, 0.15) is 6.33 Å². The summed E-state index contributed by atoms with van der Waals surface area (Å²) in [6.45, 7) is 1.69. The highest BCUT2D eigenvalue weighted by Crippen LogP contribution is 2.50. The molecule has 102 valence electrons. The molecule has 0 aromatic carbocycles. The number of carbonyl (C=O) groups is 1. The van der Waals surface area contributed by atoms with Gasteiger partial charge in [-0.1, -0.05) is 0 Å². The largest absolute Gasteiger partial charge is 0.281 e. The highest BCUT2D eigenvalue weighted by molar-refractivity contribution is 5.92. The van der Waals surface area contributed by atoms with Crippen molar-refractivity contribution in [2.45, 2.75) is 45.1 Å². The van der Waals surface area contributed by atoms with Gasteiger partial charge in [0.15, 0.2) is 0 Å². The Balaban J connectivity index is 1.48. The third-order valence-electron chi connectivity index (χ3n) is 4.75. The Morgan fingerprint density at radius 3 is 2.68 bits per heavy atom. The van der Waals surface area contributed by atoms with Crippen molar-refractivity contribution in [2.75, 3.05) is 11.4 Å². The molecule has 2 fully saturated rings. The lowest BCUT2D eigenvalue weighted by Crippen LogP contribution is -2.39. The summed E-state index contributed by atoms with van der Waals surface area (Å²) >= 11 is 0. The van der Waals surface area contributed by atoms with E-state index in [2.05, 4.69) is 10.1 Å². The number of hydrogen-bond acceptors (Lipinski definition) is 3. The molecule has 1 amide bonds.